The molecular weight excluding hydrogens is 557 g/mol. The minimum Gasteiger partial charge on any atom is -0.384 e. The molecule has 1 aromatic carbocycles. The molecule has 5 aromatic heterocycles. The minimum absolute atomic E-state index is 0.0333. The van der Waals surface area contributed by atoms with Crippen molar-refractivity contribution in [2.45, 2.75) is 26.2 Å². The number of amides is 1. The number of carbonyl (C=O) groups excluding carboxylic acids is 1. The number of aromatic nitrogens is 6. The number of nitrogens with zero attached hydrogens (tertiary/aromatic N) is 5. The van der Waals surface area contributed by atoms with E-state index in [1.165, 1.54) is 12.1 Å². The van der Waals surface area contributed by atoms with E-state index in [9.17, 15) is 9.18 Å². The van der Waals surface area contributed by atoms with Gasteiger partial charge < -0.3 is 20.5 Å². The molecule has 4 N–H and O–H groups in total. The maximum atomic E-state index is 14.7. The Hall–Kier alpha value is -5.16. The molecule has 0 unspecified atom stereocenters. The summed E-state index contributed by atoms with van der Waals surface area (Å²) in [5.41, 5.74) is 7.29. The summed E-state index contributed by atoms with van der Waals surface area (Å²) >= 11 is 0. The molecule has 10 nitrogen and oxygen atoms in total. The number of benzene rings is 1. The Kier molecular flexibility index (Phi) is 8.29. The Morgan fingerprint density at radius 3 is 2.61 bits per heavy atom. The highest BCUT2D eigenvalue weighted by atomic mass is 19.1. The predicted octanol–water partition coefficient (Wildman–Crippen LogP) is 6.47. The van der Waals surface area contributed by atoms with Gasteiger partial charge in [-0.1, -0.05) is 13.3 Å². The van der Waals surface area contributed by atoms with Crippen molar-refractivity contribution in [1.82, 2.24) is 35.0 Å². The van der Waals surface area contributed by atoms with Gasteiger partial charge in [0.05, 0.1) is 40.7 Å². The van der Waals surface area contributed by atoms with Gasteiger partial charge in [-0.3, -0.25) is 24.8 Å². The monoisotopic (exact) mass is 591 g/mol. The molecule has 1 amide bonds. The molecule has 0 fully saturated rings. The van der Waals surface area contributed by atoms with Gasteiger partial charge in [0, 0.05) is 65.0 Å². The first-order chi connectivity index (χ1) is 21.4. The number of halogens is 1. The quantitative estimate of drug-likeness (QED) is 0.136. The van der Waals surface area contributed by atoms with Crippen LogP contribution in [0.3, 0.4) is 0 Å². The van der Waals surface area contributed by atoms with Crippen LogP contribution in [-0.2, 0) is 4.79 Å². The number of unbranched alkanes of at least 4 members (excludes halogenated alkanes) is 1. The van der Waals surface area contributed by atoms with Gasteiger partial charge in [0.15, 0.2) is 0 Å². The molecule has 44 heavy (non-hydrogen) atoms. The summed E-state index contributed by atoms with van der Waals surface area (Å²) in [6.45, 7) is 3.57. The van der Waals surface area contributed by atoms with E-state index in [4.69, 9.17) is 0 Å². The van der Waals surface area contributed by atoms with Crippen molar-refractivity contribution in [3.8, 4) is 33.9 Å². The summed E-state index contributed by atoms with van der Waals surface area (Å²) in [7, 11) is 4.00. The van der Waals surface area contributed by atoms with Crippen molar-refractivity contribution in [3.63, 3.8) is 0 Å². The number of likely N-dealkylation sites (N-methyl/N-ethyl adjacent to an activating group) is 1. The molecule has 0 bridgehead atoms. The van der Waals surface area contributed by atoms with Crippen molar-refractivity contribution < 1.29 is 9.18 Å². The molecule has 11 heteroatoms. The summed E-state index contributed by atoms with van der Waals surface area (Å²) in [6, 6.07) is 12.6. The highest BCUT2D eigenvalue weighted by Gasteiger charge is 2.16. The molecular formula is C33H34FN9O. The van der Waals surface area contributed by atoms with Crippen molar-refractivity contribution in [1.29, 1.82) is 0 Å². The first-order valence-corrected chi connectivity index (χ1v) is 14.6. The zero-order valence-electron chi connectivity index (χ0n) is 24.9. The van der Waals surface area contributed by atoms with Crippen molar-refractivity contribution in [2.24, 2.45) is 0 Å². The van der Waals surface area contributed by atoms with Crippen LogP contribution in [0.5, 0.6) is 0 Å². The predicted molar refractivity (Wildman–Crippen MR) is 173 cm³/mol. The summed E-state index contributed by atoms with van der Waals surface area (Å²) in [4.78, 5) is 31.3. The molecule has 6 rings (SSSR count). The third kappa shape index (κ3) is 6.28. The Labute approximate surface area is 254 Å². The Bertz CT molecular complexity index is 1950. The molecule has 0 saturated heterocycles. The third-order valence-corrected chi connectivity index (χ3v) is 7.39. The van der Waals surface area contributed by atoms with Crippen LogP contribution >= 0.6 is 0 Å². The van der Waals surface area contributed by atoms with E-state index < -0.39 is 0 Å². The van der Waals surface area contributed by atoms with Gasteiger partial charge in [0.25, 0.3) is 0 Å². The van der Waals surface area contributed by atoms with Crippen LogP contribution in [0, 0.1) is 5.82 Å². The Balaban J connectivity index is 1.33. The molecule has 0 aliphatic heterocycles. The van der Waals surface area contributed by atoms with Gasteiger partial charge in [-0.05, 0) is 63.0 Å². The van der Waals surface area contributed by atoms with Gasteiger partial charge in [-0.15, -0.1) is 0 Å². The lowest BCUT2D eigenvalue weighted by atomic mass is 10.1. The van der Waals surface area contributed by atoms with Gasteiger partial charge in [-0.2, -0.15) is 5.10 Å². The lowest BCUT2D eigenvalue weighted by molar-refractivity contribution is -0.116. The largest absolute Gasteiger partial charge is 0.384 e. The number of nitrogens with one attached hydrogen (secondary N) is 4. The number of carbonyl (C=O) groups is 1. The second-order valence-corrected chi connectivity index (χ2v) is 11.1. The minimum atomic E-state index is -0.332. The van der Waals surface area contributed by atoms with E-state index in [2.05, 4.69) is 52.6 Å². The average molecular weight is 592 g/mol. The van der Waals surface area contributed by atoms with Crippen LogP contribution in [-0.4, -0.2) is 68.1 Å². The smallest absolute Gasteiger partial charge is 0.224 e. The van der Waals surface area contributed by atoms with E-state index in [-0.39, 0.29) is 11.7 Å². The van der Waals surface area contributed by atoms with E-state index in [0.717, 1.165) is 52.4 Å². The second-order valence-electron chi connectivity index (χ2n) is 11.1. The number of anilines is 2. The molecule has 224 valence electrons. The molecule has 0 spiro atoms. The summed E-state index contributed by atoms with van der Waals surface area (Å²) in [6.07, 6.45) is 9.07. The Morgan fingerprint density at radius 2 is 1.77 bits per heavy atom. The van der Waals surface area contributed by atoms with Crippen LogP contribution in [0.4, 0.5) is 15.8 Å². The number of hydrogen-bond acceptors (Lipinski definition) is 7. The van der Waals surface area contributed by atoms with Gasteiger partial charge in [-0.25, -0.2) is 4.39 Å². The van der Waals surface area contributed by atoms with Crippen LogP contribution in [0.1, 0.15) is 26.2 Å². The number of pyridine rings is 3. The lowest BCUT2D eigenvalue weighted by Gasteiger charge is -2.12. The fourth-order valence-corrected chi connectivity index (χ4v) is 5.15. The first kappa shape index (κ1) is 28.9. The fourth-order valence-electron chi connectivity index (χ4n) is 5.15. The van der Waals surface area contributed by atoms with E-state index >= 15 is 0 Å². The molecule has 5 heterocycles. The van der Waals surface area contributed by atoms with Gasteiger partial charge in [0.1, 0.15) is 11.5 Å². The maximum Gasteiger partial charge on any atom is 0.224 e. The van der Waals surface area contributed by atoms with E-state index in [0.29, 0.717) is 47.0 Å². The molecule has 0 atom stereocenters. The van der Waals surface area contributed by atoms with Crippen LogP contribution in [0.25, 0.3) is 55.7 Å². The molecule has 0 aliphatic carbocycles. The summed E-state index contributed by atoms with van der Waals surface area (Å²) in [5.74, 6) is -0.365. The van der Waals surface area contributed by atoms with Crippen molar-refractivity contribution in [3.05, 3.63) is 73.1 Å². The highest BCUT2D eigenvalue weighted by Crippen LogP contribution is 2.35. The topological polar surface area (TPSA) is 128 Å². The Morgan fingerprint density at radius 1 is 0.932 bits per heavy atom. The number of fused-ring (bicyclic) bond motifs is 2. The van der Waals surface area contributed by atoms with Crippen LogP contribution < -0.4 is 10.6 Å². The third-order valence-electron chi connectivity index (χ3n) is 7.39. The van der Waals surface area contributed by atoms with Crippen LogP contribution in [0.15, 0.2) is 67.3 Å². The number of aromatic amines is 2. The van der Waals surface area contributed by atoms with Crippen LogP contribution in [0.2, 0.25) is 0 Å². The van der Waals surface area contributed by atoms with E-state index in [1.54, 1.807) is 24.8 Å². The number of H-pyrrole nitrogens is 2. The molecule has 0 radical (unpaired) electrons. The zero-order valence-corrected chi connectivity index (χ0v) is 24.9. The van der Waals surface area contributed by atoms with Gasteiger partial charge in [0.2, 0.25) is 5.91 Å². The highest BCUT2D eigenvalue weighted by molar-refractivity contribution is 6.00. The zero-order chi connectivity index (χ0) is 30.6. The average Bonchev–Trinajstić information content (AvgIpc) is 3.63. The molecule has 0 saturated carbocycles. The summed E-state index contributed by atoms with van der Waals surface area (Å²) in [5, 5.41) is 15.6. The normalized spacial score (nSPS) is 11.5. The molecule has 0 aliphatic rings. The van der Waals surface area contributed by atoms with E-state index in [1.807, 2.05) is 44.4 Å². The van der Waals surface area contributed by atoms with Gasteiger partial charge >= 0.3 is 0 Å². The summed E-state index contributed by atoms with van der Waals surface area (Å²) < 4.78 is 14.7. The van der Waals surface area contributed by atoms with Crippen molar-refractivity contribution >= 4 is 39.1 Å². The fraction of sp³-hybridized carbons (Fsp3) is 0.242. The standard InChI is InChI=1S/C33H34FN9O/c1-4-5-6-31(44)39-24-13-21(17-35-18-24)28-15-26-30(19-38-28)41-42-33(26)29-16-25-27(40-29)7-8-37-32(25)20-11-22(34)14-23(12-20)36-9-10-43(2)3/h7-8,11-19,36,40H,4-6,9-10H2,1-3H3,(H,39,44)(H,41,42). The van der Waals surface area contributed by atoms with Crippen molar-refractivity contribution in [2.75, 3.05) is 37.8 Å². The second kappa shape index (κ2) is 12.6. The number of rotatable bonds is 11. The number of hydrogen-bond donors (Lipinski definition) is 4. The lowest BCUT2D eigenvalue weighted by Crippen LogP contribution is -2.20. The SMILES string of the molecule is CCCCC(=O)Nc1cncc(-c2cc3c(-c4cc5c(-c6cc(F)cc(NCCN(C)C)c6)nccc5[nH]4)n[nH]c3cn2)c1. The maximum absolute atomic E-state index is 14.7. The first-order valence-electron chi connectivity index (χ1n) is 14.6. The molecule has 6 aromatic rings.